The van der Waals surface area contributed by atoms with Crippen LogP contribution < -0.4 is 10.6 Å². The standard InChI is InChI=1S/C24H25F3N2O5/c1-2-19(22(31)32)28-21(30)12-11-20(24(25,26)27)29-23(33)34-13-18-16-9-5-3-7-14(16)15-8-4-6-10-17(15)18/h3-10,18-20H,2,11-13H2,1H3,(H,28,30)(H,29,33)(H,31,32)/t19-,20-/m0/s1. The molecule has 7 nitrogen and oxygen atoms in total. The molecule has 10 heteroatoms. The van der Waals surface area contributed by atoms with Crippen molar-refractivity contribution in [3.05, 3.63) is 59.7 Å². The molecular formula is C24H25F3N2O5. The van der Waals surface area contributed by atoms with Gasteiger partial charge in [-0.1, -0.05) is 55.5 Å². The second kappa shape index (κ2) is 10.6. The van der Waals surface area contributed by atoms with E-state index in [0.29, 0.717) is 0 Å². The summed E-state index contributed by atoms with van der Waals surface area (Å²) in [7, 11) is 0. The highest BCUT2D eigenvalue weighted by Gasteiger charge is 2.41. The number of carboxylic acid groups (broad SMARTS) is 1. The zero-order valence-corrected chi connectivity index (χ0v) is 18.4. The van der Waals surface area contributed by atoms with E-state index in [1.165, 1.54) is 6.92 Å². The summed E-state index contributed by atoms with van der Waals surface area (Å²) in [6, 6.07) is 11.6. The van der Waals surface area contributed by atoms with Gasteiger partial charge in [-0.05, 0) is 35.1 Å². The fourth-order valence-corrected chi connectivity index (χ4v) is 3.98. The molecule has 0 spiro atoms. The van der Waals surface area contributed by atoms with Crippen molar-refractivity contribution in [3.8, 4) is 11.1 Å². The van der Waals surface area contributed by atoms with Crippen LogP contribution in [0.25, 0.3) is 11.1 Å². The number of halogens is 3. The van der Waals surface area contributed by atoms with Gasteiger partial charge in [-0.2, -0.15) is 13.2 Å². The van der Waals surface area contributed by atoms with Crippen LogP contribution in [0.1, 0.15) is 43.2 Å². The average Bonchev–Trinajstić information content (AvgIpc) is 3.11. The quantitative estimate of drug-likeness (QED) is 0.501. The molecule has 3 rings (SSSR count). The maximum absolute atomic E-state index is 13.4. The molecule has 0 heterocycles. The van der Waals surface area contributed by atoms with Crippen LogP contribution in [0.4, 0.5) is 18.0 Å². The Balaban J connectivity index is 1.60. The molecule has 0 radical (unpaired) electrons. The van der Waals surface area contributed by atoms with Crippen molar-refractivity contribution >= 4 is 18.0 Å². The first kappa shape index (κ1) is 25.1. The van der Waals surface area contributed by atoms with Crippen molar-refractivity contribution in [1.29, 1.82) is 0 Å². The molecule has 182 valence electrons. The lowest BCUT2D eigenvalue weighted by Crippen LogP contribution is -2.47. The van der Waals surface area contributed by atoms with E-state index in [1.807, 2.05) is 48.5 Å². The van der Waals surface area contributed by atoms with E-state index >= 15 is 0 Å². The van der Waals surface area contributed by atoms with E-state index in [0.717, 1.165) is 22.3 Å². The SMILES string of the molecule is CC[C@H](NC(=O)CC[C@H](NC(=O)OCC1c2ccccc2-c2ccccc21)C(F)(F)F)C(=O)O. The van der Waals surface area contributed by atoms with Gasteiger partial charge in [0.05, 0.1) is 0 Å². The van der Waals surface area contributed by atoms with Crippen LogP contribution in [0.15, 0.2) is 48.5 Å². The Labute approximate surface area is 194 Å². The van der Waals surface area contributed by atoms with Gasteiger partial charge in [-0.25, -0.2) is 9.59 Å². The first-order chi connectivity index (χ1) is 16.1. The van der Waals surface area contributed by atoms with Gasteiger partial charge in [0, 0.05) is 12.3 Å². The van der Waals surface area contributed by atoms with Crippen molar-refractivity contribution in [1.82, 2.24) is 10.6 Å². The van der Waals surface area contributed by atoms with Gasteiger partial charge in [-0.15, -0.1) is 0 Å². The van der Waals surface area contributed by atoms with Crippen LogP contribution in [0.3, 0.4) is 0 Å². The van der Waals surface area contributed by atoms with Crippen molar-refractivity contribution < 1.29 is 37.4 Å². The minimum atomic E-state index is -4.82. The van der Waals surface area contributed by atoms with Crippen LogP contribution in [0.5, 0.6) is 0 Å². The molecule has 0 saturated carbocycles. The number of fused-ring (bicyclic) bond motifs is 3. The highest BCUT2D eigenvalue weighted by Crippen LogP contribution is 2.44. The Bertz CT molecular complexity index is 1010. The number of hydrogen-bond donors (Lipinski definition) is 3. The summed E-state index contributed by atoms with van der Waals surface area (Å²) in [5.74, 6) is -2.44. The fourth-order valence-electron chi connectivity index (χ4n) is 3.98. The van der Waals surface area contributed by atoms with Crippen LogP contribution in [0, 0.1) is 0 Å². The Morgan fingerprint density at radius 2 is 1.56 bits per heavy atom. The molecule has 0 unspecified atom stereocenters. The summed E-state index contributed by atoms with van der Waals surface area (Å²) in [5, 5.41) is 12.9. The number of benzene rings is 2. The smallest absolute Gasteiger partial charge is 0.408 e. The van der Waals surface area contributed by atoms with E-state index in [-0.39, 0.29) is 18.9 Å². The summed E-state index contributed by atoms with van der Waals surface area (Å²) in [5.41, 5.74) is 3.81. The van der Waals surface area contributed by atoms with Gasteiger partial charge in [0.15, 0.2) is 0 Å². The molecule has 2 aromatic rings. The molecule has 0 saturated heterocycles. The number of nitrogens with one attached hydrogen (secondary N) is 2. The molecule has 2 aromatic carbocycles. The summed E-state index contributed by atoms with van der Waals surface area (Å²) in [6.45, 7) is 1.37. The molecule has 0 aromatic heterocycles. The van der Waals surface area contributed by atoms with Gasteiger partial charge in [0.2, 0.25) is 5.91 Å². The summed E-state index contributed by atoms with van der Waals surface area (Å²) in [6.07, 6.45) is -7.35. The van der Waals surface area contributed by atoms with Crippen LogP contribution in [-0.4, -0.2) is 47.9 Å². The normalized spacial score (nSPS) is 14.5. The first-order valence-corrected chi connectivity index (χ1v) is 10.8. The Morgan fingerprint density at radius 1 is 1.00 bits per heavy atom. The van der Waals surface area contributed by atoms with Crippen LogP contribution in [0.2, 0.25) is 0 Å². The maximum Gasteiger partial charge on any atom is 0.408 e. The first-order valence-electron chi connectivity index (χ1n) is 10.8. The number of aliphatic carboxylic acids is 1. The predicted octanol–water partition coefficient (Wildman–Crippen LogP) is 4.22. The topological polar surface area (TPSA) is 105 Å². The molecule has 1 aliphatic rings. The molecule has 2 amide bonds. The number of carbonyl (C=O) groups excluding carboxylic acids is 2. The second-order valence-electron chi connectivity index (χ2n) is 7.97. The highest BCUT2D eigenvalue weighted by molar-refractivity contribution is 5.83. The fraction of sp³-hybridized carbons (Fsp3) is 0.375. The minimum absolute atomic E-state index is 0.0851. The summed E-state index contributed by atoms with van der Waals surface area (Å²) >= 11 is 0. The van der Waals surface area contributed by atoms with Crippen molar-refractivity contribution in [2.24, 2.45) is 0 Å². The Hall–Kier alpha value is -3.56. The van der Waals surface area contributed by atoms with Crippen molar-refractivity contribution in [2.45, 2.75) is 50.4 Å². The lowest BCUT2D eigenvalue weighted by molar-refractivity contribution is -0.157. The van der Waals surface area contributed by atoms with E-state index in [9.17, 15) is 27.6 Å². The molecular weight excluding hydrogens is 453 g/mol. The third-order valence-electron chi connectivity index (χ3n) is 5.73. The number of ether oxygens (including phenoxy) is 1. The second-order valence-corrected chi connectivity index (χ2v) is 7.97. The van der Waals surface area contributed by atoms with E-state index in [2.05, 4.69) is 5.32 Å². The number of alkyl halides is 3. The number of carboxylic acids is 1. The molecule has 34 heavy (non-hydrogen) atoms. The molecule has 1 aliphatic carbocycles. The minimum Gasteiger partial charge on any atom is -0.480 e. The number of carbonyl (C=O) groups is 3. The highest BCUT2D eigenvalue weighted by atomic mass is 19.4. The summed E-state index contributed by atoms with van der Waals surface area (Å²) < 4.78 is 45.4. The van der Waals surface area contributed by atoms with Crippen molar-refractivity contribution in [3.63, 3.8) is 0 Å². The maximum atomic E-state index is 13.4. The molecule has 2 atom stereocenters. The lowest BCUT2D eigenvalue weighted by atomic mass is 9.98. The van der Waals surface area contributed by atoms with E-state index in [4.69, 9.17) is 9.84 Å². The number of amides is 2. The largest absolute Gasteiger partial charge is 0.480 e. The molecule has 0 bridgehead atoms. The Morgan fingerprint density at radius 3 is 2.06 bits per heavy atom. The Kier molecular flexibility index (Phi) is 7.80. The van der Waals surface area contributed by atoms with Crippen molar-refractivity contribution in [2.75, 3.05) is 6.61 Å². The van der Waals surface area contributed by atoms with Crippen LogP contribution in [-0.2, 0) is 14.3 Å². The van der Waals surface area contributed by atoms with Crippen LogP contribution >= 0.6 is 0 Å². The average molecular weight is 478 g/mol. The van der Waals surface area contributed by atoms with Gasteiger partial charge < -0.3 is 20.5 Å². The van der Waals surface area contributed by atoms with E-state index in [1.54, 1.807) is 5.32 Å². The van der Waals surface area contributed by atoms with E-state index < -0.39 is 49.1 Å². The lowest BCUT2D eigenvalue weighted by Gasteiger charge is -2.22. The number of alkyl carbamates (subject to hydrolysis) is 1. The zero-order valence-electron chi connectivity index (χ0n) is 18.4. The van der Waals surface area contributed by atoms with Gasteiger partial charge >= 0.3 is 18.2 Å². The van der Waals surface area contributed by atoms with Gasteiger partial charge in [0.1, 0.15) is 18.7 Å². The predicted molar refractivity (Wildman–Crippen MR) is 117 cm³/mol. The summed E-state index contributed by atoms with van der Waals surface area (Å²) in [4.78, 5) is 35.1. The molecule has 3 N–H and O–H groups in total. The zero-order chi connectivity index (χ0) is 24.9. The van der Waals surface area contributed by atoms with Gasteiger partial charge in [0.25, 0.3) is 0 Å². The third kappa shape index (κ3) is 5.86. The molecule has 0 aliphatic heterocycles. The number of hydrogen-bond acceptors (Lipinski definition) is 4. The molecule has 0 fully saturated rings. The monoisotopic (exact) mass is 478 g/mol. The number of rotatable bonds is 9. The third-order valence-corrected chi connectivity index (χ3v) is 5.73. The van der Waals surface area contributed by atoms with Gasteiger partial charge in [-0.3, -0.25) is 4.79 Å².